The normalized spacial score (nSPS) is 20.4. The average Bonchev–Trinajstić information content (AvgIpc) is 2.68. The Balaban J connectivity index is 1.59. The lowest BCUT2D eigenvalue weighted by Gasteiger charge is -2.28. The lowest BCUT2D eigenvalue weighted by molar-refractivity contribution is 0.319. The fourth-order valence-electron chi connectivity index (χ4n) is 4.32. The molecule has 0 atom stereocenters. The van der Waals surface area contributed by atoms with Gasteiger partial charge in [-0.25, -0.2) is 4.39 Å². The van der Waals surface area contributed by atoms with Crippen molar-refractivity contribution in [2.45, 2.75) is 44.9 Å². The van der Waals surface area contributed by atoms with Crippen molar-refractivity contribution in [3.63, 3.8) is 0 Å². The highest BCUT2D eigenvalue weighted by molar-refractivity contribution is 5.89. The lowest BCUT2D eigenvalue weighted by Crippen LogP contribution is -2.12. The number of hydrogen-bond acceptors (Lipinski definition) is 1. The molecular weight excluding hydrogens is 323 g/mol. The van der Waals surface area contributed by atoms with Crippen molar-refractivity contribution in [1.29, 1.82) is 0 Å². The summed E-state index contributed by atoms with van der Waals surface area (Å²) in [5, 5.41) is 10.8. The molecule has 134 valence electrons. The molecule has 2 heteroatoms. The molecule has 0 aromatic heterocycles. The van der Waals surface area contributed by atoms with Crippen LogP contribution in [0.2, 0.25) is 0 Å². The topological polar surface area (TPSA) is 20.2 Å². The Bertz CT molecular complexity index is 905. The van der Waals surface area contributed by atoms with Crippen LogP contribution < -0.4 is 0 Å². The van der Waals surface area contributed by atoms with E-state index < -0.39 is 0 Å². The number of aromatic hydroxyl groups is 1. The quantitative estimate of drug-likeness (QED) is 0.538. The van der Waals surface area contributed by atoms with Gasteiger partial charge in [-0.1, -0.05) is 43.7 Å². The molecular formula is C24H25FO. The molecule has 0 unspecified atom stereocenters. The molecule has 1 aliphatic rings. The highest BCUT2D eigenvalue weighted by Gasteiger charge is 2.21. The van der Waals surface area contributed by atoms with Gasteiger partial charge in [-0.05, 0) is 83.9 Å². The van der Waals surface area contributed by atoms with Gasteiger partial charge in [-0.3, -0.25) is 0 Å². The van der Waals surface area contributed by atoms with Crippen LogP contribution in [0, 0.1) is 11.7 Å². The van der Waals surface area contributed by atoms with Gasteiger partial charge < -0.3 is 5.11 Å². The molecule has 0 saturated heterocycles. The van der Waals surface area contributed by atoms with Crippen molar-refractivity contribution in [3.05, 3.63) is 66.0 Å². The van der Waals surface area contributed by atoms with Gasteiger partial charge in [-0.2, -0.15) is 0 Å². The van der Waals surface area contributed by atoms with Crippen molar-refractivity contribution in [2.24, 2.45) is 5.92 Å². The second-order valence-electron chi connectivity index (χ2n) is 7.61. The van der Waals surface area contributed by atoms with Gasteiger partial charge in [-0.15, -0.1) is 0 Å². The van der Waals surface area contributed by atoms with Crippen molar-refractivity contribution >= 4 is 10.8 Å². The molecule has 4 rings (SSSR count). The minimum absolute atomic E-state index is 0.0892. The van der Waals surface area contributed by atoms with Gasteiger partial charge in [0.1, 0.15) is 11.6 Å². The molecule has 3 aromatic rings. The summed E-state index contributed by atoms with van der Waals surface area (Å²) in [4.78, 5) is 0. The maximum atomic E-state index is 14.4. The van der Waals surface area contributed by atoms with Gasteiger partial charge in [0.15, 0.2) is 0 Å². The van der Waals surface area contributed by atoms with Crippen molar-refractivity contribution < 1.29 is 9.50 Å². The summed E-state index contributed by atoms with van der Waals surface area (Å²) in [5.41, 5.74) is 3.32. The molecule has 1 nitrogen and oxygen atoms in total. The molecule has 1 aliphatic carbocycles. The van der Waals surface area contributed by atoms with Gasteiger partial charge in [0.25, 0.3) is 0 Å². The molecule has 0 spiro atoms. The van der Waals surface area contributed by atoms with Gasteiger partial charge in [0.05, 0.1) is 0 Å². The molecule has 1 fully saturated rings. The van der Waals surface area contributed by atoms with Crippen LogP contribution in [0.15, 0.2) is 54.6 Å². The minimum Gasteiger partial charge on any atom is -0.508 e. The number of halogens is 1. The van der Waals surface area contributed by atoms with Gasteiger partial charge in [0.2, 0.25) is 0 Å². The predicted octanol–water partition coefficient (Wildman–Crippen LogP) is 7.04. The molecule has 26 heavy (non-hydrogen) atoms. The van der Waals surface area contributed by atoms with Gasteiger partial charge in [0, 0.05) is 5.39 Å². The van der Waals surface area contributed by atoms with Crippen LogP contribution in [0.3, 0.4) is 0 Å². The Morgan fingerprint density at radius 2 is 1.62 bits per heavy atom. The fourth-order valence-corrected chi connectivity index (χ4v) is 4.32. The van der Waals surface area contributed by atoms with Crippen LogP contribution in [-0.2, 0) is 0 Å². The van der Waals surface area contributed by atoms with E-state index in [0.29, 0.717) is 11.3 Å². The first kappa shape index (κ1) is 17.1. The summed E-state index contributed by atoms with van der Waals surface area (Å²) >= 11 is 0. The summed E-state index contributed by atoms with van der Waals surface area (Å²) < 4.78 is 14.4. The third-order valence-electron chi connectivity index (χ3n) is 6.03. The molecule has 3 aromatic carbocycles. The highest BCUT2D eigenvalue weighted by atomic mass is 19.1. The van der Waals surface area contributed by atoms with Crippen molar-refractivity contribution in [2.75, 3.05) is 0 Å². The molecule has 0 bridgehead atoms. The molecule has 0 heterocycles. The molecule has 0 aliphatic heterocycles. The Morgan fingerprint density at radius 1 is 0.885 bits per heavy atom. The van der Waals surface area contributed by atoms with Crippen LogP contribution in [0.5, 0.6) is 5.75 Å². The van der Waals surface area contributed by atoms with Crippen LogP contribution in [0.1, 0.15) is 50.5 Å². The monoisotopic (exact) mass is 348 g/mol. The molecule has 0 amide bonds. The summed E-state index contributed by atoms with van der Waals surface area (Å²) in [6.07, 6.45) is 6.55. The third kappa shape index (κ3) is 3.33. The Hall–Kier alpha value is -2.35. The maximum Gasteiger partial charge on any atom is 0.131 e. The summed E-state index contributed by atoms with van der Waals surface area (Å²) in [7, 11) is 0. The number of benzene rings is 3. The van der Waals surface area contributed by atoms with Crippen molar-refractivity contribution in [1.82, 2.24) is 0 Å². The standard InChI is InChI=1S/C24H25FO/c1-2-16-3-5-17(6-4-16)18-7-9-19(10-8-18)21-13-20-11-12-22(26)15-23(20)24(25)14-21/h7-17,26H,2-6H2,1H3. The molecule has 0 radical (unpaired) electrons. The van der Waals surface area contributed by atoms with E-state index in [1.165, 1.54) is 43.7 Å². The second-order valence-corrected chi connectivity index (χ2v) is 7.61. The Labute approximate surface area is 154 Å². The molecule has 1 N–H and O–H groups in total. The van der Waals surface area contributed by atoms with E-state index in [9.17, 15) is 9.50 Å². The zero-order valence-electron chi connectivity index (χ0n) is 15.2. The number of phenolic OH excluding ortho intramolecular Hbond substituents is 1. The van der Waals surface area contributed by atoms with E-state index in [4.69, 9.17) is 0 Å². The average molecular weight is 348 g/mol. The summed E-state index contributed by atoms with van der Waals surface area (Å²) in [6, 6.07) is 17.0. The first-order chi connectivity index (χ1) is 12.6. The SMILES string of the molecule is CCC1CCC(c2ccc(-c3cc(F)c4cc(O)ccc4c3)cc2)CC1. The van der Waals surface area contributed by atoms with E-state index in [1.54, 1.807) is 18.2 Å². The van der Waals surface area contributed by atoms with Gasteiger partial charge >= 0.3 is 0 Å². The maximum absolute atomic E-state index is 14.4. The van der Waals surface area contributed by atoms with Crippen LogP contribution in [0.25, 0.3) is 21.9 Å². The second kappa shape index (κ2) is 7.11. The largest absolute Gasteiger partial charge is 0.508 e. The number of hydrogen-bond donors (Lipinski definition) is 1. The van der Waals surface area contributed by atoms with Crippen molar-refractivity contribution in [3.8, 4) is 16.9 Å². The zero-order valence-corrected chi connectivity index (χ0v) is 15.2. The smallest absolute Gasteiger partial charge is 0.131 e. The predicted molar refractivity (Wildman–Crippen MR) is 106 cm³/mol. The lowest BCUT2D eigenvalue weighted by atomic mass is 9.77. The first-order valence-corrected chi connectivity index (χ1v) is 9.66. The highest BCUT2D eigenvalue weighted by Crippen LogP contribution is 2.37. The van der Waals surface area contributed by atoms with Crippen LogP contribution in [0.4, 0.5) is 4.39 Å². The van der Waals surface area contributed by atoms with E-state index in [-0.39, 0.29) is 11.6 Å². The van der Waals surface area contributed by atoms with Crippen LogP contribution in [-0.4, -0.2) is 5.11 Å². The molecule has 1 saturated carbocycles. The fraction of sp³-hybridized carbons (Fsp3) is 0.333. The zero-order chi connectivity index (χ0) is 18.1. The van der Waals surface area contributed by atoms with E-state index in [2.05, 4.69) is 31.2 Å². The van der Waals surface area contributed by atoms with E-state index in [1.807, 2.05) is 6.07 Å². The summed E-state index contributed by atoms with van der Waals surface area (Å²) in [5.74, 6) is 1.37. The number of phenols is 1. The first-order valence-electron chi connectivity index (χ1n) is 9.66. The number of fused-ring (bicyclic) bond motifs is 1. The Morgan fingerprint density at radius 3 is 2.31 bits per heavy atom. The van der Waals surface area contributed by atoms with E-state index >= 15 is 0 Å². The number of rotatable bonds is 3. The van der Waals surface area contributed by atoms with Crippen LogP contribution >= 0.6 is 0 Å². The third-order valence-corrected chi connectivity index (χ3v) is 6.03. The Kier molecular flexibility index (Phi) is 4.67. The minimum atomic E-state index is -0.296. The van der Waals surface area contributed by atoms with E-state index in [0.717, 1.165) is 22.4 Å². The summed E-state index contributed by atoms with van der Waals surface area (Å²) in [6.45, 7) is 2.30.